The number of nitrogens with two attached hydrogens (primary N) is 1. The second-order valence-electron chi connectivity index (χ2n) is 6.63. The van der Waals surface area contributed by atoms with Crippen LogP contribution in [0.5, 0.6) is 0 Å². The Labute approximate surface area is 172 Å². The normalized spacial score (nSPS) is 12.6. The average Bonchev–Trinajstić information content (AvgIpc) is 2.78. The largest absolute Gasteiger partial charge is 0.374 e. The first kappa shape index (κ1) is 21.4. The summed E-state index contributed by atoms with van der Waals surface area (Å²) in [5, 5.41) is 0. The summed E-state index contributed by atoms with van der Waals surface area (Å²) in [6.45, 7) is 0.750. The average molecular weight is 411 g/mol. The number of hydrogen-bond acceptors (Lipinski definition) is 5. The lowest BCUT2D eigenvalue weighted by Crippen LogP contribution is -2.28. The molecular weight excluding hydrogens is 385 g/mol. The minimum atomic E-state index is -3.61. The molecule has 3 aromatic rings. The van der Waals surface area contributed by atoms with Crippen LogP contribution in [0.2, 0.25) is 0 Å². The molecule has 0 bridgehead atoms. The lowest BCUT2D eigenvalue weighted by atomic mass is 10.2. The maximum Gasteiger partial charge on any atom is 0.350 e. The summed E-state index contributed by atoms with van der Waals surface area (Å²) in [4.78, 5) is 0. The summed E-state index contributed by atoms with van der Waals surface area (Å²) in [5.41, 5.74) is 9.02. The molecule has 0 saturated heterocycles. The molecule has 0 aromatic heterocycles. The zero-order valence-corrected chi connectivity index (χ0v) is 17.1. The quantitative estimate of drug-likeness (QED) is 0.444. The molecule has 29 heavy (non-hydrogen) atoms. The van der Waals surface area contributed by atoms with Crippen LogP contribution >= 0.6 is 7.60 Å². The predicted molar refractivity (Wildman–Crippen MR) is 114 cm³/mol. The Morgan fingerprint density at radius 3 is 1.45 bits per heavy atom. The molecular formula is C23H26NO4P. The van der Waals surface area contributed by atoms with Gasteiger partial charge in [-0.1, -0.05) is 91.0 Å². The van der Waals surface area contributed by atoms with Crippen LogP contribution in [0.25, 0.3) is 0 Å². The molecule has 3 aromatic carbocycles. The highest BCUT2D eigenvalue weighted by Crippen LogP contribution is 2.52. The third kappa shape index (κ3) is 6.93. The maximum atomic E-state index is 13.5. The minimum absolute atomic E-state index is 0.0652. The second kappa shape index (κ2) is 11.1. The lowest BCUT2D eigenvalue weighted by Gasteiger charge is -2.24. The second-order valence-corrected chi connectivity index (χ2v) is 8.89. The molecule has 0 saturated carbocycles. The summed E-state index contributed by atoms with van der Waals surface area (Å²) in [7, 11) is -3.61. The van der Waals surface area contributed by atoms with E-state index in [1.54, 1.807) is 0 Å². The van der Waals surface area contributed by atoms with E-state index in [0.29, 0.717) is 6.61 Å². The van der Waals surface area contributed by atoms with E-state index in [9.17, 15) is 4.57 Å². The molecule has 6 heteroatoms. The topological polar surface area (TPSA) is 70.8 Å². The number of ether oxygens (including phenoxy) is 1. The van der Waals surface area contributed by atoms with Crippen molar-refractivity contribution in [3.63, 3.8) is 0 Å². The van der Waals surface area contributed by atoms with Gasteiger partial charge in [-0.05, 0) is 16.7 Å². The van der Waals surface area contributed by atoms with E-state index in [-0.39, 0.29) is 19.8 Å². The highest BCUT2D eigenvalue weighted by Gasteiger charge is 2.34. The van der Waals surface area contributed by atoms with Gasteiger partial charge in [-0.15, -0.1) is 0 Å². The van der Waals surface area contributed by atoms with Crippen molar-refractivity contribution in [1.82, 2.24) is 0 Å². The number of hydrogen-bond donors (Lipinski definition) is 1. The Bertz CT molecular complexity index is 843. The van der Waals surface area contributed by atoms with Gasteiger partial charge >= 0.3 is 7.60 Å². The van der Waals surface area contributed by atoms with Crippen LogP contribution in [0.1, 0.15) is 16.7 Å². The van der Waals surface area contributed by atoms with Gasteiger partial charge in [0.05, 0.1) is 26.4 Å². The van der Waals surface area contributed by atoms with Crippen molar-refractivity contribution < 1.29 is 18.3 Å². The highest BCUT2D eigenvalue weighted by molar-refractivity contribution is 7.54. The lowest BCUT2D eigenvalue weighted by molar-refractivity contribution is 0.106. The van der Waals surface area contributed by atoms with E-state index in [1.165, 1.54) is 0 Å². The summed E-state index contributed by atoms with van der Waals surface area (Å²) in [6.07, 6.45) is 0. The van der Waals surface area contributed by atoms with Gasteiger partial charge in [-0.3, -0.25) is 4.57 Å². The summed E-state index contributed by atoms with van der Waals surface area (Å²) in [5.74, 6) is -0.890. The minimum Gasteiger partial charge on any atom is -0.374 e. The molecule has 3 rings (SSSR count). The highest BCUT2D eigenvalue weighted by atomic mass is 31.2. The van der Waals surface area contributed by atoms with Crippen molar-refractivity contribution in [1.29, 1.82) is 0 Å². The van der Waals surface area contributed by atoms with E-state index < -0.39 is 13.4 Å². The summed E-state index contributed by atoms with van der Waals surface area (Å²) < 4.78 is 30.6. The first-order valence-electron chi connectivity index (χ1n) is 9.49. The molecule has 0 heterocycles. The van der Waals surface area contributed by atoms with Crippen molar-refractivity contribution in [3.05, 3.63) is 108 Å². The van der Waals surface area contributed by atoms with E-state index in [0.717, 1.165) is 16.7 Å². The van der Waals surface area contributed by atoms with Gasteiger partial charge in [0.2, 0.25) is 0 Å². The van der Waals surface area contributed by atoms with Crippen molar-refractivity contribution >= 4 is 7.60 Å². The molecule has 0 aliphatic rings. The van der Waals surface area contributed by atoms with Crippen molar-refractivity contribution in [2.75, 3.05) is 6.61 Å². The smallest absolute Gasteiger partial charge is 0.350 e. The molecule has 0 spiro atoms. The third-order valence-electron chi connectivity index (χ3n) is 4.31. The molecule has 0 unspecified atom stereocenters. The Morgan fingerprint density at radius 2 is 1.03 bits per heavy atom. The molecule has 0 aliphatic carbocycles. The van der Waals surface area contributed by atoms with Crippen molar-refractivity contribution in [2.24, 2.45) is 5.73 Å². The van der Waals surface area contributed by atoms with E-state index in [4.69, 9.17) is 19.5 Å². The van der Waals surface area contributed by atoms with Crippen LogP contribution in [-0.4, -0.2) is 12.4 Å². The fraction of sp³-hybridized carbons (Fsp3) is 0.217. The molecule has 5 nitrogen and oxygen atoms in total. The van der Waals surface area contributed by atoms with Gasteiger partial charge < -0.3 is 19.5 Å². The zero-order valence-electron chi connectivity index (χ0n) is 16.2. The summed E-state index contributed by atoms with van der Waals surface area (Å²) in [6, 6.07) is 28.8. The van der Waals surface area contributed by atoms with Crippen LogP contribution < -0.4 is 5.73 Å². The Hall–Kier alpha value is -2.27. The van der Waals surface area contributed by atoms with E-state index >= 15 is 0 Å². The third-order valence-corrected chi connectivity index (χ3v) is 6.25. The zero-order chi connectivity index (χ0) is 20.4. The maximum absolute atomic E-state index is 13.5. The molecule has 0 aliphatic heterocycles. The number of rotatable bonds is 11. The van der Waals surface area contributed by atoms with Gasteiger partial charge in [0.25, 0.3) is 0 Å². The first-order valence-corrected chi connectivity index (χ1v) is 11.1. The number of benzene rings is 3. The molecule has 152 valence electrons. The molecule has 0 radical (unpaired) electrons. The van der Waals surface area contributed by atoms with Gasteiger partial charge in [0.1, 0.15) is 5.78 Å². The monoisotopic (exact) mass is 411 g/mol. The Balaban J connectivity index is 1.62. The van der Waals surface area contributed by atoms with Crippen LogP contribution in [-0.2, 0) is 38.2 Å². The van der Waals surface area contributed by atoms with Gasteiger partial charge in [-0.25, -0.2) is 0 Å². The Morgan fingerprint density at radius 1 is 0.655 bits per heavy atom. The standard InChI is InChI=1S/C23H26NO4P/c24-23(19-26-16-20-10-4-1-5-11-20)29(25,27-17-21-12-6-2-7-13-21)28-18-22-14-8-3-9-15-22/h1-15,23H,16-19,24H2/t23-/m0/s1. The Kier molecular flexibility index (Phi) is 8.17. The van der Waals surface area contributed by atoms with Crippen LogP contribution in [0.3, 0.4) is 0 Å². The fourth-order valence-electron chi connectivity index (χ4n) is 2.67. The molecule has 0 amide bonds. The predicted octanol–water partition coefficient (Wildman–Crippen LogP) is 5.11. The molecule has 2 N–H and O–H groups in total. The van der Waals surface area contributed by atoms with Crippen LogP contribution in [0, 0.1) is 0 Å². The van der Waals surface area contributed by atoms with E-state index in [2.05, 4.69) is 0 Å². The van der Waals surface area contributed by atoms with Crippen LogP contribution in [0.15, 0.2) is 91.0 Å². The van der Waals surface area contributed by atoms with Gasteiger partial charge in [-0.2, -0.15) is 0 Å². The molecule has 0 fully saturated rings. The fourth-order valence-corrected chi connectivity index (χ4v) is 4.07. The first-order chi connectivity index (χ1) is 14.2. The van der Waals surface area contributed by atoms with Gasteiger partial charge in [0, 0.05) is 0 Å². The van der Waals surface area contributed by atoms with Crippen molar-refractivity contribution in [3.8, 4) is 0 Å². The van der Waals surface area contributed by atoms with Crippen molar-refractivity contribution in [2.45, 2.75) is 25.6 Å². The summed E-state index contributed by atoms with van der Waals surface area (Å²) >= 11 is 0. The molecule has 1 atom stereocenters. The van der Waals surface area contributed by atoms with Crippen LogP contribution in [0.4, 0.5) is 0 Å². The SMILES string of the molecule is N[C@H](COCc1ccccc1)P(=O)(OCc1ccccc1)OCc1ccccc1. The van der Waals surface area contributed by atoms with E-state index in [1.807, 2.05) is 91.0 Å². The van der Waals surface area contributed by atoms with Gasteiger partial charge in [0.15, 0.2) is 0 Å².